The van der Waals surface area contributed by atoms with E-state index in [9.17, 15) is 4.79 Å². The Bertz CT molecular complexity index is 865. The van der Waals surface area contributed by atoms with Crippen molar-refractivity contribution in [3.8, 4) is 11.1 Å². The van der Waals surface area contributed by atoms with E-state index >= 15 is 0 Å². The summed E-state index contributed by atoms with van der Waals surface area (Å²) in [5.74, 6) is 0. The van der Waals surface area contributed by atoms with Gasteiger partial charge in [-0.2, -0.15) is 0 Å². The Kier molecular flexibility index (Phi) is 5.77. The number of nitrogens with zero attached hydrogens (tertiary/aromatic N) is 1. The number of nitrogens with two attached hydrogens (primary N) is 1. The van der Waals surface area contributed by atoms with E-state index in [1.807, 2.05) is 27.9 Å². The predicted molar refractivity (Wildman–Crippen MR) is 101 cm³/mol. The van der Waals surface area contributed by atoms with Crippen molar-refractivity contribution in [3.05, 3.63) is 64.5 Å². The molecule has 0 atom stereocenters. The molecule has 1 heterocycles. The third kappa shape index (κ3) is 3.84. The molecular weight excluding hydrogens is 300 g/mol. The van der Waals surface area contributed by atoms with Crippen LogP contribution in [0.15, 0.2) is 57.7 Å². The van der Waals surface area contributed by atoms with E-state index in [0.717, 1.165) is 23.1 Å². The molecule has 126 valence electrons. The molecule has 0 aliphatic heterocycles. The molecule has 0 bridgehead atoms. The van der Waals surface area contributed by atoms with Gasteiger partial charge in [-0.1, -0.05) is 38.1 Å². The first kappa shape index (κ1) is 17.8. The Hall–Kier alpha value is -2.59. The molecular formula is C20H24N2O2. The van der Waals surface area contributed by atoms with Crippen LogP contribution in [0.2, 0.25) is 0 Å². The second-order valence-electron chi connectivity index (χ2n) is 5.63. The Morgan fingerprint density at radius 1 is 0.958 bits per heavy atom. The van der Waals surface area contributed by atoms with Crippen molar-refractivity contribution in [2.45, 2.75) is 20.4 Å². The topological polar surface area (TPSA) is 59.5 Å². The van der Waals surface area contributed by atoms with Crippen molar-refractivity contribution in [1.29, 1.82) is 0 Å². The maximum atomic E-state index is 11.4. The number of anilines is 1. The van der Waals surface area contributed by atoms with E-state index < -0.39 is 0 Å². The highest BCUT2D eigenvalue weighted by atomic mass is 16.4. The van der Waals surface area contributed by atoms with Gasteiger partial charge in [-0.15, -0.1) is 0 Å². The van der Waals surface area contributed by atoms with Crippen LogP contribution in [0.1, 0.15) is 19.4 Å². The van der Waals surface area contributed by atoms with Crippen molar-refractivity contribution >= 4 is 16.7 Å². The molecule has 2 N–H and O–H groups in total. The summed E-state index contributed by atoms with van der Waals surface area (Å²) in [4.78, 5) is 13.5. The van der Waals surface area contributed by atoms with Crippen LogP contribution < -0.4 is 11.4 Å². The third-order valence-electron chi connectivity index (χ3n) is 3.58. The van der Waals surface area contributed by atoms with E-state index in [4.69, 9.17) is 10.2 Å². The smallest absolute Gasteiger partial charge is 0.336 e. The molecule has 3 aromatic rings. The van der Waals surface area contributed by atoms with Crippen molar-refractivity contribution in [2.75, 3.05) is 19.8 Å². The lowest BCUT2D eigenvalue weighted by molar-refractivity contribution is 0.402. The summed E-state index contributed by atoms with van der Waals surface area (Å²) < 4.78 is 5.24. The Morgan fingerprint density at radius 2 is 1.62 bits per heavy atom. The van der Waals surface area contributed by atoms with Crippen LogP contribution in [0, 0.1) is 0 Å². The molecule has 4 nitrogen and oxygen atoms in total. The highest BCUT2D eigenvalue weighted by molar-refractivity contribution is 5.99. The lowest BCUT2D eigenvalue weighted by atomic mass is 9.98. The van der Waals surface area contributed by atoms with Gasteiger partial charge in [0.2, 0.25) is 0 Å². The second-order valence-corrected chi connectivity index (χ2v) is 5.63. The highest BCUT2D eigenvalue weighted by Crippen LogP contribution is 2.33. The van der Waals surface area contributed by atoms with Crippen molar-refractivity contribution < 1.29 is 4.42 Å². The molecule has 0 radical (unpaired) electrons. The van der Waals surface area contributed by atoms with Crippen molar-refractivity contribution in [2.24, 2.45) is 0 Å². The molecule has 4 heteroatoms. The number of benzene rings is 2. The largest absolute Gasteiger partial charge is 0.423 e. The van der Waals surface area contributed by atoms with Gasteiger partial charge in [0.25, 0.3) is 0 Å². The number of fused-ring (bicyclic) bond motifs is 1. The predicted octanol–water partition coefficient (Wildman–Crippen LogP) is 4.13. The molecule has 0 aliphatic rings. The molecule has 0 amide bonds. The van der Waals surface area contributed by atoms with E-state index in [0.29, 0.717) is 11.3 Å². The first-order valence-corrected chi connectivity index (χ1v) is 8.11. The molecule has 24 heavy (non-hydrogen) atoms. The zero-order chi connectivity index (χ0) is 17.7. The molecule has 0 saturated heterocycles. The maximum Gasteiger partial charge on any atom is 0.336 e. The quantitative estimate of drug-likeness (QED) is 0.581. The van der Waals surface area contributed by atoms with Gasteiger partial charge in [0.05, 0.1) is 0 Å². The van der Waals surface area contributed by atoms with Crippen molar-refractivity contribution in [3.63, 3.8) is 0 Å². The summed E-state index contributed by atoms with van der Waals surface area (Å²) in [5.41, 5.74) is 10.2. The van der Waals surface area contributed by atoms with Crippen molar-refractivity contribution in [1.82, 2.24) is 4.90 Å². The van der Waals surface area contributed by atoms with Gasteiger partial charge in [0, 0.05) is 29.2 Å². The van der Waals surface area contributed by atoms with Gasteiger partial charge in [0.1, 0.15) is 5.58 Å². The van der Waals surface area contributed by atoms with Crippen LogP contribution in [0.4, 0.5) is 5.69 Å². The standard InChI is InChI=1S/C18H18N2O2.C2H6/c1-20(2)11-12-3-5-13(6-4-12)18-14-7-10-17(21)22-16(14)9-8-15(18)19;1-2/h3-10H,11,19H2,1-2H3;1-2H3. The summed E-state index contributed by atoms with van der Waals surface area (Å²) in [6.45, 7) is 4.89. The summed E-state index contributed by atoms with van der Waals surface area (Å²) in [5, 5.41) is 0.847. The van der Waals surface area contributed by atoms with Gasteiger partial charge in [-0.25, -0.2) is 4.79 Å². The lowest BCUT2D eigenvalue weighted by Crippen LogP contribution is -2.10. The monoisotopic (exact) mass is 324 g/mol. The average Bonchev–Trinajstić information content (AvgIpc) is 2.57. The fourth-order valence-corrected chi connectivity index (χ4v) is 2.63. The molecule has 0 aliphatic carbocycles. The first-order valence-electron chi connectivity index (χ1n) is 8.11. The first-order chi connectivity index (χ1) is 11.5. The minimum Gasteiger partial charge on any atom is -0.423 e. The molecule has 0 unspecified atom stereocenters. The van der Waals surface area contributed by atoms with Gasteiger partial charge >= 0.3 is 5.63 Å². The number of hydrogen-bond acceptors (Lipinski definition) is 4. The average molecular weight is 324 g/mol. The summed E-state index contributed by atoms with van der Waals surface area (Å²) in [6, 6.07) is 15.0. The van der Waals surface area contributed by atoms with E-state index in [1.165, 1.54) is 11.6 Å². The summed E-state index contributed by atoms with van der Waals surface area (Å²) in [6.07, 6.45) is 0. The lowest BCUT2D eigenvalue weighted by Gasteiger charge is -2.12. The summed E-state index contributed by atoms with van der Waals surface area (Å²) in [7, 11) is 4.08. The SMILES string of the molecule is CC.CN(C)Cc1ccc(-c2c(N)ccc3oc(=O)ccc23)cc1. The summed E-state index contributed by atoms with van der Waals surface area (Å²) >= 11 is 0. The van der Waals surface area contributed by atoms with Gasteiger partial charge in [0.15, 0.2) is 0 Å². The van der Waals surface area contributed by atoms with Crippen LogP contribution in [0.5, 0.6) is 0 Å². The fourth-order valence-electron chi connectivity index (χ4n) is 2.63. The molecule has 0 fully saturated rings. The normalized spacial score (nSPS) is 10.5. The van der Waals surface area contributed by atoms with E-state index in [1.54, 1.807) is 18.2 Å². The molecule has 1 aromatic heterocycles. The third-order valence-corrected chi connectivity index (χ3v) is 3.58. The fraction of sp³-hybridized carbons (Fsp3) is 0.250. The van der Waals surface area contributed by atoms with E-state index in [-0.39, 0.29) is 5.63 Å². The van der Waals surface area contributed by atoms with Gasteiger partial charge in [-0.3, -0.25) is 0 Å². The Labute approximate surface area is 142 Å². The minimum absolute atomic E-state index is 0.357. The molecule has 2 aromatic carbocycles. The van der Waals surface area contributed by atoms with Crippen LogP contribution in [-0.2, 0) is 6.54 Å². The molecule has 0 saturated carbocycles. The van der Waals surface area contributed by atoms with Crippen LogP contribution >= 0.6 is 0 Å². The number of rotatable bonds is 3. The van der Waals surface area contributed by atoms with Crippen LogP contribution in [0.25, 0.3) is 22.1 Å². The minimum atomic E-state index is -0.357. The number of nitrogen functional groups attached to an aromatic ring is 1. The highest BCUT2D eigenvalue weighted by Gasteiger charge is 2.10. The van der Waals surface area contributed by atoms with Gasteiger partial charge in [-0.05, 0) is 43.4 Å². The van der Waals surface area contributed by atoms with E-state index in [2.05, 4.69) is 29.2 Å². The molecule has 3 rings (SSSR count). The zero-order valence-corrected chi connectivity index (χ0v) is 14.7. The number of hydrogen-bond donors (Lipinski definition) is 1. The molecule has 0 spiro atoms. The van der Waals surface area contributed by atoms with Gasteiger partial charge < -0.3 is 15.1 Å². The Balaban J connectivity index is 0.00000100. The second kappa shape index (κ2) is 7.79. The zero-order valence-electron chi connectivity index (χ0n) is 14.7. The maximum absolute atomic E-state index is 11.4. The van der Waals surface area contributed by atoms with Crippen LogP contribution in [-0.4, -0.2) is 19.0 Å². The Morgan fingerprint density at radius 3 is 2.25 bits per heavy atom. The van der Waals surface area contributed by atoms with Crippen LogP contribution in [0.3, 0.4) is 0 Å².